The van der Waals surface area contributed by atoms with E-state index in [1.54, 1.807) is 0 Å². The molecule has 0 saturated carbocycles. The summed E-state index contributed by atoms with van der Waals surface area (Å²) in [4.78, 5) is 7.09. The van der Waals surface area contributed by atoms with E-state index in [9.17, 15) is 12.8 Å². The van der Waals surface area contributed by atoms with Gasteiger partial charge < -0.3 is 0 Å². The van der Waals surface area contributed by atoms with Crippen molar-refractivity contribution in [1.29, 1.82) is 0 Å². The molecule has 0 aliphatic carbocycles. The highest BCUT2D eigenvalue weighted by Gasteiger charge is 2.14. The molecule has 0 aromatic carbocycles. The Morgan fingerprint density at radius 3 is 2.65 bits per heavy atom. The molecule has 2 rings (SSSR count). The molecule has 0 saturated heterocycles. The van der Waals surface area contributed by atoms with Crippen LogP contribution in [-0.4, -0.2) is 18.4 Å². The lowest BCUT2D eigenvalue weighted by atomic mass is 10.5. The summed E-state index contributed by atoms with van der Waals surface area (Å²) in [6.45, 7) is 0. The van der Waals surface area contributed by atoms with Crippen LogP contribution in [0.5, 0.6) is 0 Å². The van der Waals surface area contributed by atoms with Crippen LogP contribution in [0.1, 0.15) is 0 Å². The first-order valence-corrected chi connectivity index (χ1v) is 6.12. The zero-order chi connectivity index (χ0) is 12.3. The van der Waals surface area contributed by atoms with Crippen molar-refractivity contribution in [3.63, 3.8) is 0 Å². The van der Waals surface area contributed by atoms with Gasteiger partial charge in [-0.1, -0.05) is 6.07 Å². The van der Waals surface area contributed by atoms with Crippen LogP contribution in [0.3, 0.4) is 0 Å². The molecule has 0 atom stereocenters. The fraction of sp³-hybridized carbons (Fsp3) is 0. The SMILES string of the molecule is O=S(=O)(Nc1cccc(F)n1)c1cccnc1. The third kappa shape index (κ3) is 2.76. The lowest BCUT2D eigenvalue weighted by molar-refractivity contribution is 0.584. The Bertz CT molecular complexity index is 616. The van der Waals surface area contributed by atoms with Crippen molar-refractivity contribution in [2.75, 3.05) is 4.72 Å². The van der Waals surface area contributed by atoms with E-state index in [0.717, 1.165) is 6.07 Å². The maximum absolute atomic E-state index is 12.8. The zero-order valence-electron chi connectivity index (χ0n) is 8.54. The van der Waals surface area contributed by atoms with E-state index in [-0.39, 0.29) is 10.7 Å². The number of rotatable bonds is 3. The highest BCUT2D eigenvalue weighted by atomic mass is 32.2. The summed E-state index contributed by atoms with van der Waals surface area (Å²) < 4.78 is 38.5. The molecule has 1 N–H and O–H groups in total. The minimum atomic E-state index is -3.77. The van der Waals surface area contributed by atoms with E-state index in [1.165, 1.54) is 36.7 Å². The molecule has 0 amide bonds. The smallest absolute Gasteiger partial charge is 0.263 e. The average Bonchev–Trinajstić information content (AvgIpc) is 2.29. The van der Waals surface area contributed by atoms with Crippen LogP contribution in [0, 0.1) is 5.95 Å². The Balaban J connectivity index is 2.30. The first-order chi connectivity index (χ1) is 8.08. The Kier molecular flexibility index (Phi) is 3.01. The predicted octanol–water partition coefficient (Wildman–Crippen LogP) is 1.42. The van der Waals surface area contributed by atoms with Crippen molar-refractivity contribution >= 4 is 15.8 Å². The highest BCUT2D eigenvalue weighted by molar-refractivity contribution is 7.92. The number of pyridine rings is 2. The van der Waals surface area contributed by atoms with Gasteiger partial charge in [-0.3, -0.25) is 9.71 Å². The number of hydrogen-bond acceptors (Lipinski definition) is 4. The summed E-state index contributed by atoms with van der Waals surface area (Å²) in [6, 6.07) is 6.73. The van der Waals surface area contributed by atoms with Crippen molar-refractivity contribution in [2.45, 2.75) is 4.90 Å². The summed E-state index contributed by atoms with van der Waals surface area (Å²) in [7, 11) is -3.77. The molecule has 7 heteroatoms. The standard InChI is InChI=1S/C10H8FN3O2S/c11-9-4-1-5-10(13-9)14-17(15,16)8-3-2-6-12-7-8/h1-7H,(H,13,14). The van der Waals surface area contributed by atoms with Crippen LogP contribution in [-0.2, 0) is 10.0 Å². The molecule has 2 aromatic heterocycles. The van der Waals surface area contributed by atoms with Gasteiger partial charge in [-0.25, -0.2) is 13.4 Å². The molecule has 0 bridgehead atoms. The van der Waals surface area contributed by atoms with E-state index in [1.807, 2.05) is 0 Å². The van der Waals surface area contributed by atoms with Crippen LogP contribution in [0.15, 0.2) is 47.6 Å². The average molecular weight is 253 g/mol. The van der Waals surface area contributed by atoms with Gasteiger partial charge in [0.25, 0.3) is 10.0 Å². The van der Waals surface area contributed by atoms with Crippen molar-refractivity contribution in [3.05, 3.63) is 48.7 Å². The van der Waals surface area contributed by atoms with Crippen molar-refractivity contribution < 1.29 is 12.8 Å². The maximum atomic E-state index is 12.8. The van der Waals surface area contributed by atoms with Gasteiger partial charge in [0.1, 0.15) is 10.7 Å². The Hall–Kier alpha value is -2.02. The molecular weight excluding hydrogens is 245 g/mol. The Morgan fingerprint density at radius 1 is 1.18 bits per heavy atom. The second-order valence-corrected chi connectivity index (χ2v) is 4.82. The first-order valence-electron chi connectivity index (χ1n) is 4.63. The molecule has 0 aliphatic heterocycles. The summed E-state index contributed by atoms with van der Waals surface area (Å²) in [5.74, 6) is -0.828. The number of hydrogen-bond donors (Lipinski definition) is 1. The predicted molar refractivity (Wildman–Crippen MR) is 59.2 cm³/mol. The van der Waals surface area contributed by atoms with Gasteiger partial charge in [0.2, 0.25) is 5.95 Å². The van der Waals surface area contributed by atoms with Crippen molar-refractivity contribution in [1.82, 2.24) is 9.97 Å². The molecule has 0 fully saturated rings. The van der Waals surface area contributed by atoms with E-state index in [2.05, 4.69) is 14.7 Å². The molecule has 5 nitrogen and oxygen atoms in total. The molecule has 2 heterocycles. The van der Waals surface area contributed by atoms with Gasteiger partial charge in [0.15, 0.2) is 0 Å². The second-order valence-electron chi connectivity index (χ2n) is 3.14. The van der Waals surface area contributed by atoms with E-state index >= 15 is 0 Å². The minimum absolute atomic E-state index is 0.00828. The molecule has 0 unspecified atom stereocenters. The Morgan fingerprint density at radius 2 is 2.00 bits per heavy atom. The quantitative estimate of drug-likeness (QED) is 0.839. The lowest BCUT2D eigenvalue weighted by Gasteiger charge is -2.06. The number of nitrogens with one attached hydrogen (secondary N) is 1. The number of sulfonamides is 1. The third-order valence-electron chi connectivity index (χ3n) is 1.90. The third-order valence-corrected chi connectivity index (χ3v) is 3.24. The van der Waals surface area contributed by atoms with Crippen molar-refractivity contribution in [2.24, 2.45) is 0 Å². The minimum Gasteiger partial charge on any atom is -0.263 e. The molecule has 17 heavy (non-hydrogen) atoms. The van der Waals surface area contributed by atoms with Gasteiger partial charge >= 0.3 is 0 Å². The number of anilines is 1. The summed E-state index contributed by atoms with van der Waals surface area (Å²) in [5.41, 5.74) is 0. The number of halogens is 1. The molecule has 0 spiro atoms. The molecule has 0 aliphatic rings. The normalized spacial score (nSPS) is 11.1. The molecule has 88 valence electrons. The lowest BCUT2D eigenvalue weighted by Crippen LogP contribution is -2.14. The second kappa shape index (κ2) is 4.46. The molecule has 0 radical (unpaired) electrons. The number of nitrogens with zero attached hydrogens (tertiary/aromatic N) is 2. The van der Waals surface area contributed by atoms with E-state index in [0.29, 0.717) is 0 Å². The van der Waals surface area contributed by atoms with Gasteiger partial charge in [-0.05, 0) is 24.3 Å². The van der Waals surface area contributed by atoms with Crippen LogP contribution in [0.25, 0.3) is 0 Å². The first kappa shape index (κ1) is 11.5. The fourth-order valence-electron chi connectivity index (χ4n) is 1.17. The van der Waals surface area contributed by atoms with Gasteiger partial charge in [-0.2, -0.15) is 4.39 Å². The summed E-state index contributed by atoms with van der Waals surface area (Å²) >= 11 is 0. The largest absolute Gasteiger partial charge is 0.264 e. The van der Waals surface area contributed by atoms with E-state index in [4.69, 9.17) is 0 Å². The maximum Gasteiger partial charge on any atom is 0.264 e. The monoisotopic (exact) mass is 253 g/mol. The van der Waals surface area contributed by atoms with Crippen LogP contribution in [0.4, 0.5) is 10.2 Å². The molecular formula is C10H8FN3O2S. The number of aromatic nitrogens is 2. The highest BCUT2D eigenvalue weighted by Crippen LogP contribution is 2.12. The van der Waals surface area contributed by atoms with Crippen LogP contribution >= 0.6 is 0 Å². The zero-order valence-corrected chi connectivity index (χ0v) is 9.36. The van der Waals surface area contributed by atoms with Crippen LogP contribution in [0.2, 0.25) is 0 Å². The Labute approximate surface area is 97.4 Å². The van der Waals surface area contributed by atoms with Gasteiger partial charge in [0.05, 0.1) is 0 Å². The van der Waals surface area contributed by atoms with Crippen molar-refractivity contribution in [3.8, 4) is 0 Å². The van der Waals surface area contributed by atoms with Gasteiger partial charge in [-0.15, -0.1) is 0 Å². The summed E-state index contributed by atoms with van der Waals surface area (Å²) in [6.07, 6.45) is 2.65. The van der Waals surface area contributed by atoms with E-state index < -0.39 is 16.0 Å². The topological polar surface area (TPSA) is 72.0 Å². The van der Waals surface area contributed by atoms with Crippen LogP contribution < -0.4 is 4.72 Å². The van der Waals surface area contributed by atoms with Gasteiger partial charge in [0, 0.05) is 12.4 Å². The summed E-state index contributed by atoms with van der Waals surface area (Å²) in [5, 5.41) is 0. The fourth-order valence-corrected chi connectivity index (χ4v) is 2.13. The molecule has 2 aromatic rings.